The highest BCUT2D eigenvalue weighted by molar-refractivity contribution is 7.89. The van der Waals surface area contributed by atoms with Crippen molar-refractivity contribution >= 4 is 15.9 Å². The van der Waals surface area contributed by atoms with Crippen LogP contribution in [0.4, 0.5) is 8.78 Å². The van der Waals surface area contributed by atoms with E-state index >= 15 is 0 Å². The van der Waals surface area contributed by atoms with Gasteiger partial charge in [-0.05, 0) is 31.0 Å². The Labute approximate surface area is 135 Å². The maximum absolute atomic E-state index is 13.4. The first kappa shape index (κ1) is 16.5. The van der Waals surface area contributed by atoms with Crippen LogP contribution in [0, 0.1) is 11.6 Å². The molecule has 0 radical (unpaired) electrons. The van der Waals surface area contributed by atoms with Gasteiger partial charge in [-0.25, -0.2) is 17.2 Å². The largest absolute Gasteiger partial charge is 0.363 e. The van der Waals surface area contributed by atoms with E-state index in [1.165, 1.54) is 0 Å². The van der Waals surface area contributed by atoms with Crippen LogP contribution in [-0.2, 0) is 10.0 Å². The number of nitrogens with two attached hydrogens (primary N) is 1. The van der Waals surface area contributed by atoms with Gasteiger partial charge in [-0.15, -0.1) is 0 Å². The van der Waals surface area contributed by atoms with E-state index in [-0.39, 0.29) is 23.2 Å². The minimum atomic E-state index is -4.10. The number of primary amides is 1. The number of aromatic nitrogens is 2. The summed E-state index contributed by atoms with van der Waals surface area (Å²) >= 11 is 0. The Morgan fingerprint density at radius 2 is 2.08 bits per heavy atom. The molecule has 0 unspecified atom stereocenters. The highest BCUT2D eigenvalue weighted by atomic mass is 32.2. The lowest BCUT2D eigenvalue weighted by molar-refractivity contribution is 0.0987. The fourth-order valence-corrected chi connectivity index (χ4v) is 4.18. The van der Waals surface area contributed by atoms with E-state index in [1.54, 1.807) is 0 Å². The molecule has 8 nitrogen and oxygen atoms in total. The van der Waals surface area contributed by atoms with Crippen molar-refractivity contribution in [3.05, 3.63) is 41.5 Å². The summed E-state index contributed by atoms with van der Waals surface area (Å²) in [5, 5.41) is 3.38. The molecule has 1 saturated heterocycles. The lowest BCUT2D eigenvalue weighted by atomic mass is 10.2. The molecule has 0 spiro atoms. The minimum Gasteiger partial charge on any atom is -0.363 e. The van der Waals surface area contributed by atoms with Crippen LogP contribution in [0.3, 0.4) is 0 Å². The zero-order valence-corrected chi connectivity index (χ0v) is 13.0. The SMILES string of the molecule is NC(=O)c1noc([C@H]2CCCN2S(=O)(=O)c2ccc(F)c(F)c2)n1. The van der Waals surface area contributed by atoms with Crippen molar-refractivity contribution in [2.45, 2.75) is 23.8 Å². The first-order chi connectivity index (χ1) is 11.3. The third-order valence-corrected chi connectivity index (χ3v) is 5.55. The van der Waals surface area contributed by atoms with Crippen LogP contribution in [0.15, 0.2) is 27.6 Å². The quantitative estimate of drug-likeness (QED) is 0.870. The summed E-state index contributed by atoms with van der Waals surface area (Å²) in [6, 6.07) is 1.53. The Morgan fingerprint density at radius 3 is 2.71 bits per heavy atom. The number of benzene rings is 1. The van der Waals surface area contributed by atoms with Gasteiger partial charge in [0.2, 0.25) is 15.9 Å². The van der Waals surface area contributed by atoms with Gasteiger partial charge >= 0.3 is 0 Å². The second kappa shape index (κ2) is 5.91. The zero-order valence-electron chi connectivity index (χ0n) is 12.1. The predicted octanol–water partition coefficient (Wildman–Crippen LogP) is 0.972. The number of hydrogen-bond acceptors (Lipinski definition) is 6. The van der Waals surface area contributed by atoms with E-state index in [1.807, 2.05) is 0 Å². The van der Waals surface area contributed by atoms with Crippen molar-refractivity contribution in [1.29, 1.82) is 0 Å². The standard InChI is InChI=1S/C13H12F2N4O4S/c14-8-4-3-7(6-9(8)15)24(21,22)19-5-1-2-10(19)13-17-12(11(16)20)18-23-13/h3-4,6,10H,1-2,5H2,(H2,16,20)/t10-/m1/s1. The Kier molecular flexibility index (Phi) is 4.05. The summed E-state index contributed by atoms with van der Waals surface area (Å²) in [7, 11) is -4.10. The molecule has 1 aliphatic rings. The van der Waals surface area contributed by atoms with Gasteiger partial charge in [0.25, 0.3) is 11.7 Å². The first-order valence-electron chi connectivity index (χ1n) is 6.91. The average Bonchev–Trinajstić information content (AvgIpc) is 3.17. The average molecular weight is 358 g/mol. The number of hydrogen-bond donors (Lipinski definition) is 1. The number of carbonyl (C=O) groups is 1. The van der Waals surface area contributed by atoms with Crippen molar-refractivity contribution in [3.8, 4) is 0 Å². The molecule has 0 bridgehead atoms. The van der Waals surface area contributed by atoms with Crippen molar-refractivity contribution in [2.24, 2.45) is 5.73 Å². The van der Waals surface area contributed by atoms with Gasteiger partial charge in [0.1, 0.15) is 6.04 Å². The minimum absolute atomic E-state index is 0.0764. The predicted molar refractivity (Wildman–Crippen MR) is 75.0 cm³/mol. The van der Waals surface area contributed by atoms with E-state index in [2.05, 4.69) is 10.1 Å². The van der Waals surface area contributed by atoms with Gasteiger partial charge < -0.3 is 10.3 Å². The molecular weight excluding hydrogens is 346 g/mol. The third kappa shape index (κ3) is 2.76. The molecule has 24 heavy (non-hydrogen) atoms. The van der Waals surface area contributed by atoms with E-state index in [4.69, 9.17) is 10.3 Å². The van der Waals surface area contributed by atoms with Crippen LogP contribution in [0.25, 0.3) is 0 Å². The smallest absolute Gasteiger partial charge is 0.290 e. The summed E-state index contributed by atoms with van der Waals surface area (Å²) in [6.45, 7) is 0.139. The monoisotopic (exact) mass is 358 g/mol. The molecule has 2 heterocycles. The number of carbonyl (C=O) groups excluding carboxylic acids is 1. The van der Waals surface area contributed by atoms with E-state index in [0.717, 1.165) is 16.4 Å². The molecule has 1 aliphatic heterocycles. The Hall–Kier alpha value is -2.40. The Morgan fingerprint density at radius 1 is 1.33 bits per heavy atom. The third-order valence-electron chi connectivity index (χ3n) is 3.65. The maximum Gasteiger partial charge on any atom is 0.290 e. The van der Waals surface area contributed by atoms with Gasteiger partial charge in [0.15, 0.2) is 11.6 Å². The first-order valence-corrected chi connectivity index (χ1v) is 8.35. The van der Waals surface area contributed by atoms with Gasteiger partial charge in [0, 0.05) is 6.54 Å². The van der Waals surface area contributed by atoms with Crippen LogP contribution in [-0.4, -0.2) is 35.3 Å². The summed E-state index contributed by atoms with van der Waals surface area (Å²) in [5.74, 6) is -3.75. The molecule has 0 saturated carbocycles. The topological polar surface area (TPSA) is 119 Å². The molecule has 1 aromatic heterocycles. The molecule has 1 aromatic carbocycles. The normalized spacial score (nSPS) is 18.8. The molecular formula is C13H12F2N4O4S. The number of sulfonamides is 1. The number of rotatable bonds is 4. The fourth-order valence-electron chi connectivity index (χ4n) is 2.52. The molecule has 11 heteroatoms. The van der Waals surface area contributed by atoms with Crippen molar-refractivity contribution in [1.82, 2.24) is 14.4 Å². The van der Waals surface area contributed by atoms with Crippen molar-refractivity contribution < 1.29 is 26.5 Å². The lowest BCUT2D eigenvalue weighted by Crippen LogP contribution is -2.31. The summed E-state index contributed by atoms with van der Waals surface area (Å²) < 4.78 is 57.7. The van der Waals surface area contributed by atoms with E-state index in [0.29, 0.717) is 18.9 Å². The second-order valence-electron chi connectivity index (χ2n) is 5.17. The molecule has 1 atom stereocenters. The van der Waals surface area contributed by atoms with E-state index < -0.39 is 33.6 Å². The maximum atomic E-state index is 13.4. The van der Waals surface area contributed by atoms with Crippen LogP contribution in [0.1, 0.15) is 35.4 Å². The highest BCUT2D eigenvalue weighted by Crippen LogP contribution is 2.35. The van der Waals surface area contributed by atoms with Gasteiger partial charge in [-0.3, -0.25) is 4.79 Å². The molecule has 1 amide bonds. The molecule has 1 fully saturated rings. The zero-order chi connectivity index (χ0) is 17.5. The van der Waals surface area contributed by atoms with Crippen molar-refractivity contribution in [3.63, 3.8) is 0 Å². The second-order valence-corrected chi connectivity index (χ2v) is 7.06. The molecule has 2 aromatic rings. The van der Waals surface area contributed by atoms with Crippen molar-refractivity contribution in [2.75, 3.05) is 6.54 Å². The van der Waals surface area contributed by atoms with Gasteiger partial charge in [-0.1, -0.05) is 5.16 Å². The summed E-state index contributed by atoms with van der Waals surface area (Å²) in [6.07, 6.45) is 0.880. The van der Waals surface area contributed by atoms with Crippen LogP contribution < -0.4 is 5.73 Å². The Bertz CT molecular complexity index is 899. The lowest BCUT2D eigenvalue weighted by Gasteiger charge is -2.21. The molecule has 3 rings (SSSR count). The van der Waals surface area contributed by atoms with Crippen LogP contribution in [0.2, 0.25) is 0 Å². The molecule has 2 N–H and O–H groups in total. The summed E-state index contributed by atoms with van der Waals surface area (Å²) in [4.78, 5) is 14.4. The molecule has 128 valence electrons. The fraction of sp³-hybridized carbons (Fsp3) is 0.308. The van der Waals surface area contributed by atoms with E-state index in [9.17, 15) is 22.0 Å². The highest BCUT2D eigenvalue weighted by Gasteiger charge is 2.39. The van der Waals surface area contributed by atoms with Crippen LogP contribution >= 0.6 is 0 Å². The van der Waals surface area contributed by atoms with Gasteiger partial charge in [0.05, 0.1) is 4.90 Å². The molecule has 0 aliphatic carbocycles. The summed E-state index contributed by atoms with van der Waals surface area (Å²) in [5.41, 5.74) is 5.04. The number of nitrogens with zero attached hydrogens (tertiary/aromatic N) is 3. The number of halogens is 2. The Balaban J connectivity index is 1.96. The number of amides is 1. The van der Waals surface area contributed by atoms with Crippen LogP contribution in [0.5, 0.6) is 0 Å². The van der Waals surface area contributed by atoms with Gasteiger partial charge in [-0.2, -0.15) is 9.29 Å².